The van der Waals surface area contributed by atoms with Crippen LogP contribution < -0.4 is 0 Å². The Morgan fingerprint density at radius 2 is 0.914 bits per heavy atom. The molecule has 2 aliphatic rings. The number of hydrogen-bond acceptors (Lipinski definition) is 2. The standard InChI is InChI=1S/C54H38N2.C2H6/c1-53(2)45-27-14-12-25-41(45)43-30-32-48-49(50(43)53)51(35-17-6-3-7-18-35)56-52(55-48)38-20-16-19-36(33-38)37-29-31-47-44(34-37)42-26-13-15-28-46(42)54(47,39-21-8-4-9-22-39)40-23-10-5-11-24-40;1-2/h3-34H,1-2H3;1-2H3. The highest BCUT2D eigenvalue weighted by Gasteiger charge is 2.46. The van der Waals surface area contributed by atoms with Crippen LogP contribution in [0.2, 0.25) is 0 Å². The molecule has 1 aromatic heterocycles. The largest absolute Gasteiger partial charge is 0.228 e. The van der Waals surface area contributed by atoms with Gasteiger partial charge in [0.25, 0.3) is 0 Å². The first-order chi connectivity index (χ1) is 28.5. The van der Waals surface area contributed by atoms with E-state index in [2.05, 4.69) is 208 Å². The Balaban J connectivity index is 0.00000201. The van der Waals surface area contributed by atoms with Gasteiger partial charge in [0.05, 0.1) is 16.6 Å². The van der Waals surface area contributed by atoms with E-state index < -0.39 is 5.41 Å². The fourth-order valence-corrected chi connectivity index (χ4v) is 9.90. The van der Waals surface area contributed by atoms with E-state index in [1.807, 2.05) is 13.8 Å². The predicted octanol–water partition coefficient (Wildman–Crippen LogP) is 14.3. The van der Waals surface area contributed by atoms with Crippen molar-refractivity contribution in [1.29, 1.82) is 0 Å². The summed E-state index contributed by atoms with van der Waals surface area (Å²) >= 11 is 0. The van der Waals surface area contributed by atoms with E-state index in [-0.39, 0.29) is 5.41 Å². The molecule has 0 aliphatic heterocycles. The van der Waals surface area contributed by atoms with E-state index in [4.69, 9.17) is 9.97 Å². The molecule has 0 saturated heterocycles. The van der Waals surface area contributed by atoms with Crippen molar-refractivity contribution in [3.05, 3.63) is 228 Å². The van der Waals surface area contributed by atoms with Crippen molar-refractivity contribution in [2.45, 2.75) is 38.5 Å². The lowest BCUT2D eigenvalue weighted by atomic mass is 9.67. The van der Waals surface area contributed by atoms with Crippen LogP contribution in [-0.2, 0) is 10.8 Å². The molecule has 0 N–H and O–H groups in total. The van der Waals surface area contributed by atoms with Crippen LogP contribution in [0, 0.1) is 0 Å². The molecule has 0 amide bonds. The molecule has 0 fully saturated rings. The van der Waals surface area contributed by atoms with Gasteiger partial charge in [-0.05, 0) is 85.0 Å². The van der Waals surface area contributed by atoms with Crippen molar-refractivity contribution >= 4 is 10.9 Å². The maximum absolute atomic E-state index is 5.44. The van der Waals surface area contributed by atoms with Gasteiger partial charge in [-0.15, -0.1) is 0 Å². The van der Waals surface area contributed by atoms with Crippen molar-refractivity contribution in [2.75, 3.05) is 0 Å². The van der Waals surface area contributed by atoms with Gasteiger partial charge in [0.15, 0.2) is 5.82 Å². The number of aromatic nitrogens is 2. The molecule has 0 spiro atoms. The minimum absolute atomic E-state index is 0.190. The van der Waals surface area contributed by atoms with Gasteiger partial charge in [-0.2, -0.15) is 0 Å². The van der Waals surface area contributed by atoms with Crippen molar-refractivity contribution < 1.29 is 0 Å². The fourth-order valence-electron chi connectivity index (χ4n) is 9.90. The first-order valence-electron chi connectivity index (χ1n) is 20.5. The van der Waals surface area contributed by atoms with Crippen LogP contribution >= 0.6 is 0 Å². The highest BCUT2D eigenvalue weighted by atomic mass is 14.9. The molecule has 2 aliphatic carbocycles. The summed E-state index contributed by atoms with van der Waals surface area (Å²) in [5.41, 5.74) is 18.6. The Hall–Kier alpha value is -6.90. The Morgan fingerprint density at radius 1 is 0.379 bits per heavy atom. The molecule has 11 rings (SSSR count). The third-order valence-corrected chi connectivity index (χ3v) is 12.3. The van der Waals surface area contributed by atoms with Gasteiger partial charge in [-0.3, -0.25) is 0 Å². The summed E-state index contributed by atoms with van der Waals surface area (Å²) in [6.07, 6.45) is 0. The molecule has 2 heteroatoms. The normalized spacial score (nSPS) is 13.8. The van der Waals surface area contributed by atoms with Crippen molar-refractivity contribution in [2.24, 2.45) is 0 Å². The summed E-state index contributed by atoms with van der Waals surface area (Å²) in [4.78, 5) is 10.8. The van der Waals surface area contributed by atoms with Crippen LogP contribution in [0.1, 0.15) is 61.1 Å². The number of benzene rings is 8. The van der Waals surface area contributed by atoms with Gasteiger partial charge in [-0.1, -0.05) is 204 Å². The second-order valence-corrected chi connectivity index (χ2v) is 15.7. The van der Waals surface area contributed by atoms with Gasteiger partial charge >= 0.3 is 0 Å². The quantitative estimate of drug-likeness (QED) is 0.175. The van der Waals surface area contributed by atoms with Crippen molar-refractivity contribution in [1.82, 2.24) is 9.97 Å². The molecule has 58 heavy (non-hydrogen) atoms. The zero-order chi connectivity index (χ0) is 39.4. The highest BCUT2D eigenvalue weighted by molar-refractivity contribution is 6.03. The van der Waals surface area contributed by atoms with Crippen LogP contribution in [0.3, 0.4) is 0 Å². The first kappa shape index (κ1) is 35.5. The minimum Gasteiger partial charge on any atom is -0.228 e. The monoisotopic (exact) mass is 744 g/mol. The van der Waals surface area contributed by atoms with Gasteiger partial charge in [0.2, 0.25) is 0 Å². The summed E-state index contributed by atoms with van der Waals surface area (Å²) in [6.45, 7) is 8.67. The van der Waals surface area contributed by atoms with E-state index in [0.717, 1.165) is 39.1 Å². The lowest BCUT2D eigenvalue weighted by Gasteiger charge is -2.33. The average molecular weight is 745 g/mol. The van der Waals surface area contributed by atoms with Crippen molar-refractivity contribution in [3.63, 3.8) is 0 Å². The summed E-state index contributed by atoms with van der Waals surface area (Å²) in [6, 6.07) is 70.6. The van der Waals surface area contributed by atoms with Gasteiger partial charge in [-0.25, -0.2) is 9.97 Å². The Labute approximate surface area is 341 Å². The maximum atomic E-state index is 5.44. The lowest BCUT2D eigenvalue weighted by molar-refractivity contribution is 0.666. The molecule has 2 nitrogen and oxygen atoms in total. The Bertz CT molecular complexity index is 2940. The zero-order valence-electron chi connectivity index (χ0n) is 33.4. The highest BCUT2D eigenvalue weighted by Crippen LogP contribution is 2.57. The van der Waals surface area contributed by atoms with Crippen LogP contribution in [0.5, 0.6) is 0 Å². The lowest BCUT2D eigenvalue weighted by Crippen LogP contribution is -2.28. The number of nitrogens with zero attached hydrogens (tertiary/aromatic N) is 2. The summed E-state index contributed by atoms with van der Waals surface area (Å²) in [5, 5.41) is 1.13. The van der Waals surface area contributed by atoms with Crippen LogP contribution in [0.4, 0.5) is 0 Å². The molecule has 0 atom stereocenters. The van der Waals surface area contributed by atoms with Gasteiger partial charge in [0.1, 0.15) is 0 Å². The molecule has 278 valence electrons. The Kier molecular flexibility index (Phi) is 8.53. The summed E-state index contributed by atoms with van der Waals surface area (Å²) in [7, 11) is 0. The second-order valence-electron chi connectivity index (χ2n) is 15.7. The number of hydrogen-bond donors (Lipinski definition) is 0. The third-order valence-electron chi connectivity index (χ3n) is 12.3. The predicted molar refractivity (Wildman–Crippen MR) is 242 cm³/mol. The van der Waals surface area contributed by atoms with E-state index in [1.54, 1.807) is 0 Å². The molecule has 0 unspecified atom stereocenters. The smallest absolute Gasteiger partial charge is 0.160 e. The molecule has 9 aromatic rings. The van der Waals surface area contributed by atoms with Crippen LogP contribution in [-0.4, -0.2) is 9.97 Å². The fraction of sp³-hybridized carbons (Fsp3) is 0.107. The van der Waals surface area contributed by atoms with Crippen LogP contribution in [0.15, 0.2) is 194 Å². The molecular formula is C56H44N2. The molecule has 0 bridgehead atoms. The van der Waals surface area contributed by atoms with E-state index in [1.165, 1.54) is 61.2 Å². The molecule has 1 heterocycles. The topological polar surface area (TPSA) is 25.8 Å². The first-order valence-corrected chi connectivity index (χ1v) is 20.5. The van der Waals surface area contributed by atoms with E-state index >= 15 is 0 Å². The third kappa shape index (κ3) is 5.25. The molecule has 8 aromatic carbocycles. The van der Waals surface area contributed by atoms with E-state index in [9.17, 15) is 0 Å². The van der Waals surface area contributed by atoms with E-state index in [0.29, 0.717) is 0 Å². The molecule has 0 radical (unpaired) electrons. The molecule has 0 saturated carbocycles. The second kappa shape index (κ2) is 13.9. The zero-order valence-corrected chi connectivity index (χ0v) is 33.4. The van der Waals surface area contributed by atoms with Gasteiger partial charge in [0, 0.05) is 21.9 Å². The SMILES string of the molecule is CC.CC1(C)c2ccccc2-c2ccc3nc(-c4cccc(-c5ccc6c(c5)-c5ccccc5C6(c5ccccc5)c5ccccc5)c4)nc(-c4ccccc4)c3c21. The minimum atomic E-state index is -0.419. The summed E-state index contributed by atoms with van der Waals surface area (Å²) in [5.74, 6) is 0.727. The van der Waals surface area contributed by atoms with Crippen LogP contribution in [0.25, 0.3) is 66.9 Å². The van der Waals surface area contributed by atoms with Crippen molar-refractivity contribution in [3.8, 4) is 56.0 Å². The summed E-state index contributed by atoms with van der Waals surface area (Å²) < 4.78 is 0. The average Bonchev–Trinajstić information content (AvgIpc) is 3.73. The molecular weight excluding hydrogens is 701 g/mol. The van der Waals surface area contributed by atoms with Gasteiger partial charge < -0.3 is 0 Å². The maximum Gasteiger partial charge on any atom is 0.160 e. The number of fused-ring (bicyclic) bond motifs is 8. The number of rotatable bonds is 5. The Morgan fingerprint density at radius 3 is 1.60 bits per heavy atom.